The van der Waals surface area contributed by atoms with E-state index in [1.54, 1.807) is 11.5 Å². The Balaban J connectivity index is 2.87. The molecule has 0 spiro atoms. The third-order valence-electron chi connectivity index (χ3n) is 2.15. The Morgan fingerprint density at radius 1 is 1.75 bits per heavy atom. The molecule has 0 aliphatic carbocycles. The number of nitrogens with two attached hydrogens (primary N) is 1. The van der Waals surface area contributed by atoms with Crippen molar-refractivity contribution in [3.05, 3.63) is 11.5 Å². The third kappa shape index (κ3) is 1.36. The largest absolute Gasteiger partial charge is 0.384 e. The molecular weight excluding hydrogens is 174 g/mol. The van der Waals surface area contributed by atoms with Crippen LogP contribution in [0.3, 0.4) is 0 Å². The molecule has 0 saturated heterocycles. The van der Waals surface area contributed by atoms with Crippen LogP contribution in [0.25, 0.3) is 0 Å². The van der Waals surface area contributed by atoms with E-state index in [9.17, 15) is 9.90 Å². The Labute approximate surface area is 76.0 Å². The molecule has 3 nitrogen and oxygen atoms in total. The van der Waals surface area contributed by atoms with E-state index >= 15 is 0 Å². The Kier molecular flexibility index (Phi) is 2.49. The zero-order valence-corrected chi connectivity index (χ0v) is 7.97. The number of hydrogen-bond acceptors (Lipinski definition) is 3. The fraction of sp³-hybridized carbons (Fsp3) is 0.625. The number of carbonyl (C=O) groups excluding carboxylic acids is 1. The van der Waals surface area contributed by atoms with Crippen molar-refractivity contribution >= 4 is 17.7 Å². The summed E-state index contributed by atoms with van der Waals surface area (Å²) in [6, 6.07) is 0. The zero-order chi connectivity index (χ0) is 9.35. The normalized spacial score (nSPS) is 34.5. The van der Waals surface area contributed by atoms with E-state index < -0.39 is 16.8 Å². The molecule has 0 bridgehead atoms. The van der Waals surface area contributed by atoms with Crippen molar-refractivity contribution in [1.82, 2.24) is 0 Å². The van der Waals surface area contributed by atoms with Gasteiger partial charge in [0.2, 0.25) is 5.91 Å². The number of carbonyl (C=O) groups is 1. The molecule has 2 unspecified atom stereocenters. The Morgan fingerprint density at radius 2 is 2.33 bits per heavy atom. The molecular formula is C8H13NO2S. The van der Waals surface area contributed by atoms with Crippen LogP contribution >= 0.6 is 11.8 Å². The Bertz CT molecular complexity index is 227. The number of rotatable bonds is 2. The summed E-state index contributed by atoms with van der Waals surface area (Å²) in [4.78, 5) is 10.9. The second kappa shape index (κ2) is 3.11. The third-order valence-corrected chi connectivity index (χ3v) is 3.33. The lowest BCUT2D eigenvalue weighted by molar-refractivity contribution is -0.121. The van der Waals surface area contributed by atoms with Crippen LogP contribution < -0.4 is 5.73 Å². The lowest BCUT2D eigenvalue weighted by Gasteiger charge is -2.30. The SMILES string of the molecule is CC(C)C1(O)C=CSC1C(N)=O. The standard InChI is InChI=1S/C8H13NO2S/c1-5(2)8(11)3-4-12-6(8)7(9)10/h3-6,11H,1-2H3,(H2,9,10). The molecule has 1 aliphatic heterocycles. The van der Waals surface area contributed by atoms with Crippen molar-refractivity contribution < 1.29 is 9.90 Å². The Morgan fingerprint density at radius 3 is 2.67 bits per heavy atom. The molecule has 12 heavy (non-hydrogen) atoms. The van der Waals surface area contributed by atoms with Gasteiger partial charge in [-0.15, -0.1) is 11.8 Å². The maximum absolute atomic E-state index is 10.9. The molecule has 0 aromatic heterocycles. The van der Waals surface area contributed by atoms with Crippen molar-refractivity contribution in [2.45, 2.75) is 24.7 Å². The van der Waals surface area contributed by atoms with Crippen molar-refractivity contribution in [2.24, 2.45) is 11.7 Å². The van der Waals surface area contributed by atoms with E-state index in [0.29, 0.717) is 0 Å². The van der Waals surface area contributed by atoms with Crippen molar-refractivity contribution in [1.29, 1.82) is 0 Å². The molecule has 1 heterocycles. The van der Waals surface area contributed by atoms with Crippen molar-refractivity contribution in [2.75, 3.05) is 0 Å². The highest BCUT2D eigenvalue weighted by Gasteiger charge is 2.44. The maximum Gasteiger partial charge on any atom is 0.234 e. The van der Waals surface area contributed by atoms with E-state index in [2.05, 4.69) is 0 Å². The van der Waals surface area contributed by atoms with Crippen LogP contribution in [0.15, 0.2) is 11.5 Å². The minimum atomic E-state index is -1.06. The first-order valence-corrected chi connectivity index (χ1v) is 4.77. The van der Waals surface area contributed by atoms with E-state index in [1.165, 1.54) is 11.8 Å². The summed E-state index contributed by atoms with van der Waals surface area (Å²) in [5, 5.41) is 11.2. The molecule has 0 aromatic carbocycles. The van der Waals surface area contributed by atoms with Gasteiger partial charge in [0.1, 0.15) is 10.9 Å². The topological polar surface area (TPSA) is 63.3 Å². The van der Waals surface area contributed by atoms with E-state index in [-0.39, 0.29) is 5.92 Å². The molecule has 3 N–H and O–H groups in total. The van der Waals surface area contributed by atoms with E-state index in [1.807, 2.05) is 13.8 Å². The van der Waals surface area contributed by atoms with Gasteiger partial charge in [0.05, 0.1) is 0 Å². The van der Waals surface area contributed by atoms with Gasteiger partial charge in [0.15, 0.2) is 0 Å². The molecule has 0 saturated carbocycles. The quantitative estimate of drug-likeness (QED) is 0.661. The number of aliphatic hydroxyl groups is 1. The van der Waals surface area contributed by atoms with Gasteiger partial charge in [-0.3, -0.25) is 4.79 Å². The monoisotopic (exact) mass is 187 g/mol. The molecule has 1 aliphatic rings. The molecule has 0 aromatic rings. The maximum atomic E-state index is 10.9. The van der Waals surface area contributed by atoms with Gasteiger partial charge in [0, 0.05) is 0 Å². The summed E-state index contributed by atoms with van der Waals surface area (Å²) in [6.07, 6.45) is 1.65. The van der Waals surface area contributed by atoms with E-state index in [4.69, 9.17) is 5.73 Å². The van der Waals surface area contributed by atoms with Gasteiger partial charge >= 0.3 is 0 Å². The van der Waals surface area contributed by atoms with Crippen LogP contribution in [0.1, 0.15) is 13.8 Å². The van der Waals surface area contributed by atoms with Gasteiger partial charge < -0.3 is 10.8 Å². The first-order chi connectivity index (χ1) is 5.48. The first-order valence-electron chi connectivity index (χ1n) is 3.83. The summed E-state index contributed by atoms with van der Waals surface area (Å²) in [5.74, 6) is -0.456. The van der Waals surface area contributed by atoms with Crippen LogP contribution in [0.5, 0.6) is 0 Å². The molecule has 0 radical (unpaired) electrons. The van der Waals surface area contributed by atoms with Gasteiger partial charge in [-0.2, -0.15) is 0 Å². The van der Waals surface area contributed by atoms with Crippen LogP contribution in [0.2, 0.25) is 0 Å². The fourth-order valence-corrected chi connectivity index (χ4v) is 2.37. The minimum absolute atomic E-state index is 0.00116. The summed E-state index contributed by atoms with van der Waals surface area (Å²) < 4.78 is 0. The molecule has 0 fully saturated rings. The second-order valence-electron chi connectivity index (χ2n) is 3.26. The number of hydrogen-bond donors (Lipinski definition) is 2. The van der Waals surface area contributed by atoms with Crippen molar-refractivity contribution in [3.8, 4) is 0 Å². The second-order valence-corrected chi connectivity index (χ2v) is 4.28. The zero-order valence-electron chi connectivity index (χ0n) is 7.15. The molecule has 1 amide bonds. The predicted octanol–water partition coefficient (Wildman–Crippen LogP) is 0.488. The van der Waals surface area contributed by atoms with Crippen LogP contribution in [0, 0.1) is 5.92 Å². The highest BCUT2D eigenvalue weighted by molar-refractivity contribution is 8.03. The number of amides is 1. The van der Waals surface area contributed by atoms with Crippen LogP contribution in [-0.2, 0) is 4.79 Å². The molecule has 1 rings (SSSR count). The average Bonchev–Trinajstić information content (AvgIpc) is 2.32. The summed E-state index contributed by atoms with van der Waals surface area (Å²) in [6.45, 7) is 3.73. The molecule has 68 valence electrons. The van der Waals surface area contributed by atoms with Crippen molar-refractivity contribution in [3.63, 3.8) is 0 Å². The lowest BCUT2D eigenvalue weighted by Crippen LogP contribution is -2.47. The first kappa shape index (κ1) is 9.61. The fourth-order valence-electron chi connectivity index (χ4n) is 1.21. The van der Waals surface area contributed by atoms with Crippen LogP contribution in [0.4, 0.5) is 0 Å². The molecule has 2 atom stereocenters. The predicted molar refractivity (Wildman–Crippen MR) is 49.5 cm³/mol. The highest BCUT2D eigenvalue weighted by Crippen LogP contribution is 2.38. The summed E-state index contributed by atoms with van der Waals surface area (Å²) in [5.41, 5.74) is 4.09. The summed E-state index contributed by atoms with van der Waals surface area (Å²) >= 11 is 1.28. The van der Waals surface area contributed by atoms with Crippen LogP contribution in [-0.4, -0.2) is 21.9 Å². The highest BCUT2D eigenvalue weighted by atomic mass is 32.2. The summed E-state index contributed by atoms with van der Waals surface area (Å²) in [7, 11) is 0. The minimum Gasteiger partial charge on any atom is -0.384 e. The Hall–Kier alpha value is -0.480. The number of primary amides is 1. The van der Waals surface area contributed by atoms with Gasteiger partial charge in [0.25, 0.3) is 0 Å². The lowest BCUT2D eigenvalue weighted by atomic mass is 9.87. The van der Waals surface area contributed by atoms with Gasteiger partial charge in [-0.1, -0.05) is 13.8 Å². The van der Waals surface area contributed by atoms with E-state index in [0.717, 1.165) is 0 Å². The van der Waals surface area contributed by atoms with Gasteiger partial charge in [-0.05, 0) is 17.4 Å². The smallest absolute Gasteiger partial charge is 0.234 e. The molecule has 4 heteroatoms. The number of thioether (sulfide) groups is 1. The van der Waals surface area contributed by atoms with Gasteiger partial charge in [-0.25, -0.2) is 0 Å². The average molecular weight is 187 g/mol.